The standard InChI is InChI=1S/C22H24N4O3S/c1-28-19-7-5-6-16(14-19)21-24-25-22(29-21)30-15-20(27)23-17-8-10-18(11-9-17)26-12-3-2-4-13-26/h5-11,14H,2-4,12-13,15H2,1H3,(H,23,27). The van der Waals surface area contributed by atoms with Gasteiger partial charge in [0.05, 0.1) is 12.9 Å². The van der Waals surface area contributed by atoms with Crippen LogP contribution in [0.1, 0.15) is 19.3 Å². The maximum absolute atomic E-state index is 12.3. The van der Waals surface area contributed by atoms with E-state index in [1.165, 1.54) is 36.7 Å². The van der Waals surface area contributed by atoms with E-state index in [9.17, 15) is 4.79 Å². The molecule has 4 rings (SSSR count). The zero-order chi connectivity index (χ0) is 20.8. The molecule has 1 N–H and O–H groups in total. The van der Waals surface area contributed by atoms with Crippen LogP contribution in [-0.4, -0.2) is 42.1 Å². The monoisotopic (exact) mass is 424 g/mol. The first-order valence-corrected chi connectivity index (χ1v) is 11.0. The first kappa shape index (κ1) is 20.3. The lowest BCUT2D eigenvalue weighted by atomic mass is 10.1. The lowest BCUT2D eigenvalue weighted by Crippen LogP contribution is -2.29. The molecule has 7 nitrogen and oxygen atoms in total. The Morgan fingerprint density at radius 3 is 2.70 bits per heavy atom. The summed E-state index contributed by atoms with van der Waals surface area (Å²) in [5.74, 6) is 1.18. The Hall–Kier alpha value is -3.00. The second-order valence-corrected chi connectivity index (χ2v) is 7.96. The quantitative estimate of drug-likeness (QED) is 0.561. The molecule has 0 unspecified atom stereocenters. The number of benzene rings is 2. The summed E-state index contributed by atoms with van der Waals surface area (Å²) in [5, 5.41) is 11.3. The van der Waals surface area contributed by atoms with Crippen molar-refractivity contribution in [2.24, 2.45) is 0 Å². The van der Waals surface area contributed by atoms with Crippen molar-refractivity contribution in [2.45, 2.75) is 24.5 Å². The average molecular weight is 425 g/mol. The molecule has 0 spiro atoms. The third-order valence-electron chi connectivity index (χ3n) is 4.92. The molecule has 2 heterocycles. The van der Waals surface area contributed by atoms with E-state index in [1.807, 2.05) is 36.4 Å². The van der Waals surface area contributed by atoms with Crippen molar-refractivity contribution in [3.05, 3.63) is 48.5 Å². The number of anilines is 2. The van der Waals surface area contributed by atoms with Crippen molar-refractivity contribution in [3.63, 3.8) is 0 Å². The first-order chi connectivity index (χ1) is 14.7. The van der Waals surface area contributed by atoms with Crippen LogP contribution >= 0.6 is 11.8 Å². The van der Waals surface area contributed by atoms with E-state index in [2.05, 4.69) is 32.5 Å². The third-order valence-corrected chi connectivity index (χ3v) is 5.74. The maximum Gasteiger partial charge on any atom is 0.277 e. The molecule has 1 aliphatic rings. The Balaban J connectivity index is 1.29. The Kier molecular flexibility index (Phi) is 6.53. The lowest BCUT2D eigenvalue weighted by Gasteiger charge is -2.28. The van der Waals surface area contributed by atoms with Crippen molar-refractivity contribution in [1.82, 2.24) is 10.2 Å². The van der Waals surface area contributed by atoms with Gasteiger partial charge in [0.15, 0.2) is 0 Å². The van der Waals surface area contributed by atoms with Crippen LogP contribution in [0.5, 0.6) is 5.75 Å². The topological polar surface area (TPSA) is 80.5 Å². The van der Waals surface area contributed by atoms with Crippen LogP contribution in [0.15, 0.2) is 58.2 Å². The van der Waals surface area contributed by atoms with E-state index in [0.717, 1.165) is 24.3 Å². The molecule has 156 valence electrons. The van der Waals surface area contributed by atoms with Gasteiger partial charge >= 0.3 is 0 Å². The number of aromatic nitrogens is 2. The highest BCUT2D eigenvalue weighted by Crippen LogP contribution is 2.26. The predicted octanol–water partition coefficient (Wildman–Crippen LogP) is 4.47. The Morgan fingerprint density at radius 1 is 1.13 bits per heavy atom. The zero-order valence-corrected chi connectivity index (χ0v) is 17.7. The minimum absolute atomic E-state index is 0.119. The van der Waals surface area contributed by atoms with Crippen molar-refractivity contribution >= 4 is 29.0 Å². The summed E-state index contributed by atoms with van der Waals surface area (Å²) in [7, 11) is 1.61. The molecule has 1 amide bonds. The van der Waals surface area contributed by atoms with Crippen LogP contribution in [0, 0.1) is 0 Å². The number of piperidine rings is 1. The number of hydrogen-bond donors (Lipinski definition) is 1. The fourth-order valence-corrected chi connectivity index (χ4v) is 3.94. The van der Waals surface area contributed by atoms with E-state index in [4.69, 9.17) is 9.15 Å². The fourth-order valence-electron chi connectivity index (χ4n) is 3.37. The summed E-state index contributed by atoms with van der Waals surface area (Å²) in [6.45, 7) is 2.20. The number of nitrogens with one attached hydrogen (secondary N) is 1. The summed E-state index contributed by atoms with van der Waals surface area (Å²) in [6.07, 6.45) is 3.79. The van der Waals surface area contributed by atoms with E-state index in [1.54, 1.807) is 7.11 Å². The van der Waals surface area contributed by atoms with Gasteiger partial charge in [-0.05, 0) is 61.7 Å². The molecule has 3 aromatic rings. The summed E-state index contributed by atoms with van der Waals surface area (Å²) in [5.41, 5.74) is 2.76. The number of rotatable bonds is 7. The molecule has 0 aliphatic carbocycles. The van der Waals surface area contributed by atoms with Crippen molar-refractivity contribution in [1.29, 1.82) is 0 Å². The minimum Gasteiger partial charge on any atom is -0.497 e. The fraction of sp³-hybridized carbons (Fsp3) is 0.318. The van der Waals surface area contributed by atoms with E-state index in [-0.39, 0.29) is 11.7 Å². The lowest BCUT2D eigenvalue weighted by molar-refractivity contribution is -0.113. The van der Waals surface area contributed by atoms with Crippen LogP contribution in [0.3, 0.4) is 0 Å². The predicted molar refractivity (Wildman–Crippen MR) is 118 cm³/mol. The number of ether oxygens (including phenoxy) is 1. The van der Waals surface area contributed by atoms with Gasteiger partial charge in [0, 0.05) is 30.0 Å². The highest BCUT2D eigenvalue weighted by Gasteiger charge is 2.13. The first-order valence-electron chi connectivity index (χ1n) is 9.97. The highest BCUT2D eigenvalue weighted by atomic mass is 32.2. The molecule has 0 bridgehead atoms. The van der Waals surface area contributed by atoms with Gasteiger partial charge in [0.25, 0.3) is 5.22 Å². The largest absolute Gasteiger partial charge is 0.497 e. The Bertz CT molecular complexity index is 984. The van der Waals surface area contributed by atoms with Crippen LogP contribution in [0.4, 0.5) is 11.4 Å². The van der Waals surface area contributed by atoms with Crippen LogP contribution in [0.25, 0.3) is 11.5 Å². The average Bonchev–Trinajstić information content (AvgIpc) is 3.28. The maximum atomic E-state index is 12.3. The Morgan fingerprint density at radius 2 is 1.93 bits per heavy atom. The molecule has 0 saturated carbocycles. The highest BCUT2D eigenvalue weighted by molar-refractivity contribution is 7.99. The second kappa shape index (κ2) is 9.67. The molecule has 1 aliphatic heterocycles. The minimum atomic E-state index is -0.119. The van der Waals surface area contributed by atoms with Crippen molar-refractivity contribution in [2.75, 3.05) is 36.2 Å². The van der Waals surface area contributed by atoms with Gasteiger partial charge in [-0.25, -0.2) is 0 Å². The smallest absolute Gasteiger partial charge is 0.277 e. The van der Waals surface area contributed by atoms with Crippen molar-refractivity contribution < 1.29 is 13.9 Å². The SMILES string of the molecule is COc1cccc(-c2nnc(SCC(=O)Nc3ccc(N4CCCCC4)cc3)o2)c1. The van der Waals surface area contributed by atoms with Crippen LogP contribution in [0.2, 0.25) is 0 Å². The van der Waals surface area contributed by atoms with Gasteiger partial charge in [-0.1, -0.05) is 17.8 Å². The van der Waals surface area contributed by atoms with Crippen molar-refractivity contribution in [3.8, 4) is 17.2 Å². The van der Waals surface area contributed by atoms with Gasteiger partial charge < -0.3 is 19.4 Å². The summed E-state index contributed by atoms with van der Waals surface area (Å²) in [4.78, 5) is 14.7. The van der Waals surface area contributed by atoms with Gasteiger partial charge in [-0.15, -0.1) is 10.2 Å². The molecular weight excluding hydrogens is 400 g/mol. The number of methoxy groups -OCH3 is 1. The molecule has 8 heteroatoms. The molecule has 1 fully saturated rings. The molecule has 0 radical (unpaired) electrons. The van der Waals surface area contributed by atoms with E-state index < -0.39 is 0 Å². The number of carbonyl (C=O) groups is 1. The van der Waals surface area contributed by atoms with Gasteiger partial charge in [-0.3, -0.25) is 4.79 Å². The van der Waals surface area contributed by atoms with Crippen LogP contribution in [-0.2, 0) is 4.79 Å². The van der Waals surface area contributed by atoms with Gasteiger partial charge in [0.1, 0.15) is 5.75 Å². The third kappa shape index (κ3) is 5.13. The number of thioether (sulfide) groups is 1. The normalized spacial score (nSPS) is 13.8. The zero-order valence-electron chi connectivity index (χ0n) is 16.8. The summed E-state index contributed by atoms with van der Waals surface area (Å²) < 4.78 is 10.9. The summed E-state index contributed by atoms with van der Waals surface area (Å²) >= 11 is 1.21. The van der Waals surface area contributed by atoms with Gasteiger partial charge in [-0.2, -0.15) is 0 Å². The number of amides is 1. The van der Waals surface area contributed by atoms with Gasteiger partial charge in [0.2, 0.25) is 11.8 Å². The van der Waals surface area contributed by atoms with E-state index in [0.29, 0.717) is 16.9 Å². The summed E-state index contributed by atoms with van der Waals surface area (Å²) in [6, 6.07) is 15.4. The number of nitrogens with zero attached hydrogens (tertiary/aromatic N) is 3. The Labute approximate surface area is 179 Å². The van der Waals surface area contributed by atoms with E-state index >= 15 is 0 Å². The molecular formula is C22H24N4O3S. The molecule has 2 aromatic carbocycles. The number of hydrogen-bond acceptors (Lipinski definition) is 7. The number of carbonyl (C=O) groups excluding carboxylic acids is 1. The second-order valence-electron chi connectivity index (χ2n) is 7.04. The molecule has 1 saturated heterocycles. The molecule has 1 aromatic heterocycles. The molecule has 0 atom stereocenters. The van der Waals surface area contributed by atoms with Crippen LogP contribution < -0.4 is 15.0 Å². The molecule has 30 heavy (non-hydrogen) atoms.